The van der Waals surface area contributed by atoms with Crippen LogP contribution in [0.25, 0.3) is 0 Å². The van der Waals surface area contributed by atoms with E-state index in [-0.39, 0.29) is 0 Å². The van der Waals surface area contributed by atoms with Crippen molar-refractivity contribution in [2.24, 2.45) is 11.3 Å². The van der Waals surface area contributed by atoms with E-state index in [1.54, 1.807) is 6.33 Å². The maximum absolute atomic E-state index is 4.34. The van der Waals surface area contributed by atoms with Gasteiger partial charge in [0.15, 0.2) is 0 Å². The summed E-state index contributed by atoms with van der Waals surface area (Å²) in [5, 5.41) is 7.64. The lowest BCUT2D eigenvalue weighted by molar-refractivity contribution is 0.412. The highest BCUT2D eigenvalue weighted by Gasteiger charge is 2.49. The summed E-state index contributed by atoms with van der Waals surface area (Å²) in [6.07, 6.45) is 3.96. The van der Waals surface area contributed by atoms with Crippen LogP contribution in [-0.4, -0.2) is 27.9 Å². The van der Waals surface area contributed by atoms with Gasteiger partial charge in [0, 0.05) is 19.0 Å². The Hall–Kier alpha value is -0.900. The van der Waals surface area contributed by atoms with E-state index >= 15 is 0 Å². The Balaban J connectivity index is 2.02. The lowest BCUT2D eigenvalue weighted by atomic mass is 10.0. The topological polar surface area (TPSA) is 42.7 Å². The molecule has 1 N–H and O–H groups in total. The smallest absolute Gasteiger partial charge is 0.138 e. The first-order valence-electron chi connectivity index (χ1n) is 6.12. The Morgan fingerprint density at radius 3 is 2.81 bits per heavy atom. The Kier molecular flexibility index (Phi) is 3.02. The van der Waals surface area contributed by atoms with E-state index in [0.29, 0.717) is 11.5 Å². The number of hydrogen-bond acceptors (Lipinski definition) is 3. The highest BCUT2D eigenvalue weighted by Crippen LogP contribution is 2.53. The number of likely N-dealkylation sites (N-methyl/N-ethyl adjacent to an activating group) is 1. The summed E-state index contributed by atoms with van der Waals surface area (Å²) in [4.78, 5) is 4.34. The number of nitrogens with zero attached hydrogens (tertiary/aromatic N) is 3. The molecule has 0 spiro atoms. The Morgan fingerprint density at radius 1 is 1.62 bits per heavy atom. The monoisotopic (exact) mass is 222 g/mol. The maximum atomic E-state index is 4.34. The van der Waals surface area contributed by atoms with Gasteiger partial charge in [-0.1, -0.05) is 13.8 Å². The van der Waals surface area contributed by atoms with Gasteiger partial charge in [-0.2, -0.15) is 5.10 Å². The summed E-state index contributed by atoms with van der Waals surface area (Å²) in [5.74, 6) is 1.88. The van der Waals surface area contributed by atoms with Gasteiger partial charge in [0.25, 0.3) is 0 Å². The van der Waals surface area contributed by atoms with Crippen molar-refractivity contribution in [1.29, 1.82) is 0 Å². The normalized spacial score (nSPS) is 24.4. The van der Waals surface area contributed by atoms with Crippen LogP contribution in [0, 0.1) is 11.3 Å². The lowest BCUT2D eigenvalue weighted by Crippen LogP contribution is -2.32. The predicted octanol–water partition coefficient (Wildman–Crippen LogP) is 1.47. The number of nitrogens with one attached hydrogen (secondary N) is 1. The van der Waals surface area contributed by atoms with E-state index in [9.17, 15) is 0 Å². The zero-order valence-electron chi connectivity index (χ0n) is 10.7. The van der Waals surface area contributed by atoms with Crippen molar-refractivity contribution in [1.82, 2.24) is 20.1 Å². The van der Waals surface area contributed by atoms with Crippen LogP contribution >= 0.6 is 0 Å². The van der Waals surface area contributed by atoms with E-state index in [0.717, 1.165) is 24.7 Å². The minimum atomic E-state index is 0.505. The standard InChI is InChI=1S/C12H22N4/c1-5-16-11(14-8-15-16)6-10(13-4)9-7-12(9,2)3/h8-10,13H,5-7H2,1-4H3. The van der Waals surface area contributed by atoms with Crippen molar-refractivity contribution in [2.75, 3.05) is 7.05 Å². The molecule has 2 unspecified atom stereocenters. The minimum Gasteiger partial charge on any atom is -0.316 e. The molecule has 90 valence electrons. The molecule has 0 bridgehead atoms. The predicted molar refractivity (Wildman–Crippen MR) is 64.1 cm³/mol. The molecule has 2 rings (SSSR count). The van der Waals surface area contributed by atoms with Gasteiger partial charge < -0.3 is 5.32 Å². The van der Waals surface area contributed by atoms with Crippen molar-refractivity contribution in [3.63, 3.8) is 0 Å². The van der Waals surface area contributed by atoms with Crippen LogP contribution < -0.4 is 5.32 Å². The maximum Gasteiger partial charge on any atom is 0.138 e. The molecule has 0 amide bonds. The van der Waals surface area contributed by atoms with Gasteiger partial charge >= 0.3 is 0 Å². The summed E-state index contributed by atoms with van der Waals surface area (Å²) >= 11 is 0. The van der Waals surface area contributed by atoms with Gasteiger partial charge in [-0.25, -0.2) is 4.98 Å². The molecule has 0 aliphatic heterocycles. The molecule has 0 aromatic carbocycles. The molecule has 0 radical (unpaired) electrons. The average Bonchev–Trinajstić information content (AvgIpc) is 2.72. The Labute approximate surface area is 97.5 Å². The molecule has 1 saturated carbocycles. The fraction of sp³-hybridized carbons (Fsp3) is 0.833. The van der Waals surface area contributed by atoms with E-state index in [1.807, 2.05) is 11.7 Å². The summed E-state index contributed by atoms with van der Waals surface area (Å²) in [6.45, 7) is 7.69. The fourth-order valence-electron chi connectivity index (χ4n) is 2.55. The molecule has 1 fully saturated rings. The van der Waals surface area contributed by atoms with Crippen LogP contribution in [0.1, 0.15) is 33.0 Å². The first kappa shape index (κ1) is 11.6. The van der Waals surface area contributed by atoms with Gasteiger partial charge in [-0.15, -0.1) is 0 Å². The molecule has 4 nitrogen and oxygen atoms in total. The van der Waals surface area contributed by atoms with Gasteiger partial charge in [0.1, 0.15) is 12.2 Å². The molecule has 1 heterocycles. The third-order valence-corrected chi connectivity index (χ3v) is 3.84. The van der Waals surface area contributed by atoms with E-state index < -0.39 is 0 Å². The Bertz CT molecular complexity index is 356. The van der Waals surface area contributed by atoms with Gasteiger partial charge in [-0.05, 0) is 31.7 Å². The summed E-state index contributed by atoms with van der Waals surface area (Å²) in [6, 6.07) is 0.532. The second-order valence-corrected chi connectivity index (χ2v) is 5.39. The second-order valence-electron chi connectivity index (χ2n) is 5.39. The van der Waals surface area contributed by atoms with E-state index in [2.05, 4.69) is 36.2 Å². The first-order chi connectivity index (χ1) is 7.58. The van der Waals surface area contributed by atoms with Crippen LogP contribution in [0.5, 0.6) is 0 Å². The summed E-state index contributed by atoms with van der Waals surface area (Å²) in [7, 11) is 2.05. The summed E-state index contributed by atoms with van der Waals surface area (Å²) < 4.78 is 1.99. The Morgan fingerprint density at radius 2 is 2.31 bits per heavy atom. The third-order valence-electron chi connectivity index (χ3n) is 3.84. The molecule has 16 heavy (non-hydrogen) atoms. The first-order valence-corrected chi connectivity index (χ1v) is 6.12. The summed E-state index contributed by atoms with van der Waals surface area (Å²) in [5.41, 5.74) is 0.505. The molecular weight excluding hydrogens is 200 g/mol. The van der Waals surface area contributed by atoms with Crippen molar-refractivity contribution in [2.45, 2.75) is 46.2 Å². The molecular formula is C12H22N4. The SMILES string of the molecule is CCn1ncnc1CC(NC)C1CC1(C)C. The van der Waals surface area contributed by atoms with Crippen molar-refractivity contribution >= 4 is 0 Å². The van der Waals surface area contributed by atoms with Crippen molar-refractivity contribution in [3.8, 4) is 0 Å². The quantitative estimate of drug-likeness (QED) is 0.820. The molecule has 4 heteroatoms. The number of rotatable bonds is 5. The molecule has 1 aliphatic rings. The van der Waals surface area contributed by atoms with Crippen LogP contribution in [0.2, 0.25) is 0 Å². The van der Waals surface area contributed by atoms with E-state index in [1.165, 1.54) is 6.42 Å². The van der Waals surface area contributed by atoms with Crippen LogP contribution in [0.4, 0.5) is 0 Å². The number of aromatic nitrogens is 3. The number of hydrogen-bond donors (Lipinski definition) is 1. The van der Waals surface area contributed by atoms with Gasteiger partial charge in [0.2, 0.25) is 0 Å². The van der Waals surface area contributed by atoms with Crippen LogP contribution in [0.3, 0.4) is 0 Å². The van der Waals surface area contributed by atoms with Crippen LogP contribution in [0.15, 0.2) is 6.33 Å². The lowest BCUT2D eigenvalue weighted by Gasteiger charge is -2.17. The van der Waals surface area contributed by atoms with E-state index in [4.69, 9.17) is 0 Å². The number of aryl methyl sites for hydroxylation is 1. The zero-order chi connectivity index (χ0) is 11.8. The average molecular weight is 222 g/mol. The highest BCUT2D eigenvalue weighted by atomic mass is 15.3. The molecule has 1 aromatic heterocycles. The molecule has 1 aliphatic carbocycles. The van der Waals surface area contributed by atoms with Crippen molar-refractivity contribution < 1.29 is 0 Å². The molecule has 1 aromatic rings. The highest BCUT2D eigenvalue weighted by molar-refractivity contribution is 5.04. The second kappa shape index (κ2) is 4.17. The minimum absolute atomic E-state index is 0.505. The van der Waals surface area contributed by atoms with Crippen LogP contribution in [-0.2, 0) is 13.0 Å². The van der Waals surface area contributed by atoms with Crippen molar-refractivity contribution in [3.05, 3.63) is 12.2 Å². The van der Waals surface area contributed by atoms with Gasteiger partial charge in [0.05, 0.1) is 0 Å². The molecule has 0 saturated heterocycles. The zero-order valence-corrected chi connectivity index (χ0v) is 10.7. The largest absolute Gasteiger partial charge is 0.316 e. The van der Waals surface area contributed by atoms with Gasteiger partial charge in [-0.3, -0.25) is 4.68 Å². The molecule has 2 atom stereocenters. The fourth-order valence-corrected chi connectivity index (χ4v) is 2.55. The third kappa shape index (κ3) is 2.12.